The van der Waals surface area contributed by atoms with E-state index in [0.29, 0.717) is 13.0 Å². The molecule has 1 fully saturated rings. The van der Waals surface area contributed by atoms with E-state index in [-0.39, 0.29) is 17.9 Å². The van der Waals surface area contributed by atoms with E-state index in [2.05, 4.69) is 31.3 Å². The van der Waals surface area contributed by atoms with E-state index in [1.807, 2.05) is 11.0 Å². The SMILES string of the molecule is CCc1cccc(CC)c1NC(=O)N1CCC[C@H](CC(N)=O)C1. The number of carbonyl (C=O) groups excluding carboxylic acids is 2. The number of piperidine rings is 1. The molecule has 0 spiro atoms. The van der Waals surface area contributed by atoms with Crippen LogP contribution in [-0.4, -0.2) is 29.9 Å². The van der Waals surface area contributed by atoms with Crippen molar-refractivity contribution in [1.29, 1.82) is 0 Å². The zero-order chi connectivity index (χ0) is 16.8. The average Bonchev–Trinajstić information content (AvgIpc) is 2.54. The maximum atomic E-state index is 12.6. The molecule has 23 heavy (non-hydrogen) atoms. The van der Waals surface area contributed by atoms with Crippen molar-refractivity contribution >= 4 is 17.6 Å². The summed E-state index contributed by atoms with van der Waals surface area (Å²) in [6.07, 6.45) is 4.00. The Hall–Kier alpha value is -2.04. The summed E-state index contributed by atoms with van der Waals surface area (Å²) in [5, 5.41) is 3.10. The van der Waals surface area contributed by atoms with Crippen LogP contribution < -0.4 is 11.1 Å². The molecule has 3 amide bonds. The van der Waals surface area contributed by atoms with E-state index in [1.165, 1.54) is 0 Å². The number of primary amides is 1. The molecule has 0 bridgehead atoms. The van der Waals surface area contributed by atoms with Crippen LogP contribution in [0, 0.1) is 5.92 Å². The Balaban J connectivity index is 2.08. The van der Waals surface area contributed by atoms with E-state index in [0.717, 1.165) is 49.0 Å². The van der Waals surface area contributed by atoms with Gasteiger partial charge in [-0.25, -0.2) is 4.79 Å². The van der Waals surface area contributed by atoms with Crippen LogP contribution in [-0.2, 0) is 17.6 Å². The summed E-state index contributed by atoms with van der Waals surface area (Å²) in [5.74, 6) is -0.110. The summed E-state index contributed by atoms with van der Waals surface area (Å²) < 4.78 is 0. The molecule has 1 aliphatic heterocycles. The van der Waals surface area contributed by atoms with E-state index in [4.69, 9.17) is 5.73 Å². The molecule has 1 aromatic rings. The van der Waals surface area contributed by atoms with Crippen LogP contribution in [0.3, 0.4) is 0 Å². The van der Waals surface area contributed by atoms with Crippen molar-refractivity contribution in [3.05, 3.63) is 29.3 Å². The van der Waals surface area contributed by atoms with Gasteiger partial charge >= 0.3 is 6.03 Å². The standard InChI is InChI=1S/C18H27N3O2/c1-3-14-8-5-9-15(4-2)17(14)20-18(23)21-10-6-7-13(12-21)11-16(19)22/h5,8-9,13H,3-4,6-7,10-12H2,1-2H3,(H2,19,22)(H,20,23)/t13-/m1/s1. The third-order valence-corrected chi connectivity index (χ3v) is 4.53. The molecule has 1 heterocycles. The first kappa shape index (κ1) is 17.3. The highest BCUT2D eigenvalue weighted by Crippen LogP contribution is 2.25. The summed E-state index contributed by atoms with van der Waals surface area (Å²) in [6.45, 7) is 5.52. The van der Waals surface area contributed by atoms with E-state index in [9.17, 15) is 9.59 Å². The number of nitrogens with zero attached hydrogens (tertiary/aromatic N) is 1. The van der Waals surface area contributed by atoms with Gasteiger partial charge in [-0.1, -0.05) is 32.0 Å². The number of anilines is 1. The van der Waals surface area contributed by atoms with Gasteiger partial charge in [0.1, 0.15) is 0 Å². The molecular formula is C18H27N3O2. The zero-order valence-corrected chi connectivity index (χ0v) is 14.1. The number of nitrogens with two attached hydrogens (primary N) is 1. The van der Waals surface area contributed by atoms with Crippen molar-refractivity contribution in [1.82, 2.24) is 4.90 Å². The molecule has 0 aliphatic carbocycles. The maximum Gasteiger partial charge on any atom is 0.321 e. The van der Waals surface area contributed by atoms with E-state index in [1.54, 1.807) is 0 Å². The first-order chi connectivity index (χ1) is 11.0. The Labute approximate surface area is 138 Å². The number of hydrogen-bond acceptors (Lipinski definition) is 2. The van der Waals surface area contributed by atoms with Crippen LogP contribution in [0.1, 0.15) is 44.2 Å². The molecule has 1 aliphatic rings. The highest BCUT2D eigenvalue weighted by atomic mass is 16.2. The molecule has 1 saturated heterocycles. The van der Waals surface area contributed by atoms with Crippen molar-refractivity contribution in [3.63, 3.8) is 0 Å². The highest BCUT2D eigenvalue weighted by molar-refractivity contribution is 5.91. The van der Waals surface area contributed by atoms with E-state index < -0.39 is 0 Å². The van der Waals surface area contributed by atoms with Gasteiger partial charge in [0.15, 0.2) is 0 Å². The second-order valence-electron chi connectivity index (χ2n) is 6.21. The summed E-state index contributed by atoms with van der Waals surface area (Å²) >= 11 is 0. The smallest absolute Gasteiger partial charge is 0.321 e. The molecule has 3 N–H and O–H groups in total. The molecule has 0 radical (unpaired) electrons. The number of hydrogen-bond donors (Lipinski definition) is 2. The molecular weight excluding hydrogens is 290 g/mol. The molecule has 0 aromatic heterocycles. The lowest BCUT2D eigenvalue weighted by atomic mass is 9.95. The number of amides is 3. The van der Waals surface area contributed by atoms with Gasteiger partial charge in [-0.3, -0.25) is 4.79 Å². The van der Waals surface area contributed by atoms with Crippen LogP contribution in [0.2, 0.25) is 0 Å². The Morgan fingerprint density at radius 1 is 1.26 bits per heavy atom. The number of nitrogens with one attached hydrogen (secondary N) is 1. The molecule has 1 aromatic carbocycles. The van der Waals surface area contributed by atoms with Crippen LogP contribution in [0.5, 0.6) is 0 Å². The molecule has 1 atom stereocenters. The topological polar surface area (TPSA) is 75.4 Å². The Morgan fingerprint density at radius 2 is 1.91 bits per heavy atom. The largest absolute Gasteiger partial charge is 0.370 e. The van der Waals surface area contributed by atoms with Gasteiger partial charge in [-0.2, -0.15) is 0 Å². The summed E-state index contributed by atoms with van der Waals surface area (Å²) in [4.78, 5) is 25.5. The van der Waals surface area contributed by atoms with Gasteiger partial charge in [0, 0.05) is 25.2 Å². The monoisotopic (exact) mass is 317 g/mol. The van der Waals surface area contributed by atoms with Crippen LogP contribution in [0.15, 0.2) is 18.2 Å². The normalized spacial score (nSPS) is 17.8. The van der Waals surface area contributed by atoms with Crippen molar-refractivity contribution in [2.24, 2.45) is 11.7 Å². The molecule has 0 saturated carbocycles. The summed E-state index contributed by atoms with van der Waals surface area (Å²) in [7, 11) is 0. The minimum Gasteiger partial charge on any atom is -0.370 e. The first-order valence-corrected chi connectivity index (χ1v) is 8.50. The molecule has 126 valence electrons. The van der Waals surface area contributed by atoms with Gasteiger partial charge < -0.3 is 16.0 Å². The summed E-state index contributed by atoms with van der Waals surface area (Å²) in [5.41, 5.74) is 8.54. The van der Waals surface area contributed by atoms with Crippen molar-refractivity contribution in [2.75, 3.05) is 18.4 Å². The lowest BCUT2D eigenvalue weighted by Crippen LogP contribution is -2.43. The predicted molar refractivity (Wildman–Crippen MR) is 92.3 cm³/mol. The Kier molecular flexibility index (Phi) is 6.02. The first-order valence-electron chi connectivity index (χ1n) is 8.50. The molecule has 0 unspecified atom stereocenters. The quantitative estimate of drug-likeness (QED) is 0.876. The fourth-order valence-electron chi connectivity index (χ4n) is 3.29. The van der Waals surface area contributed by atoms with Crippen molar-refractivity contribution < 1.29 is 9.59 Å². The average molecular weight is 317 g/mol. The number of urea groups is 1. The van der Waals surface area contributed by atoms with Crippen LogP contribution >= 0.6 is 0 Å². The van der Waals surface area contributed by atoms with Gasteiger partial charge in [-0.15, -0.1) is 0 Å². The van der Waals surface area contributed by atoms with Crippen LogP contribution in [0.25, 0.3) is 0 Å². The van der Waals surface area contributed by atoms with Crippen molar-refractivity contribution in [2.45, 2.75) is 46.0 Å². The van der Waals surface area contributed by atoms with Gasteiger partial charge in [0.25, 0.3) is 0 Å². The molecule has 2 rings (SSSR count). The highest BCUT2D eigenvalue weighted by Gasteiger charge is 2.25. The van der Waals surface area contributed by atoms with E-state index >= 15 is 0 Å². The third-order valence-electron chi connectivity index (χ3n) is 4.53. The fourth-order valence-corrected chi connectivity index (χ4v) is 3.29. The Bertz CT molecular complexity index is 549. The maximum absolute atomic E-state index is 12.6. The van der Waals surface area contributed by atoms with Crippen molar-refractivity contribution in [3.8, 4) is 0 Å². The number of aryl methyl sites for hydroxylation is 2. The van der Waals surface area contributed by atoms with Gasteiger partial charge in [0.05, 0.1) is 0 Å². The fraction of sp³-hybridized carbons (Fsp3) is 0.556. The Morgan fingerprint density at radius 3 is 2.48 bits per heavy atom. The number of likely N-dealkylation sites (tertiary alicyclic amines) is 1. The minimum atomic E-state index is -0.290. The lowest BCUT2D eigenvalue weighted by Gasteiger charge is -2.32. The van der Waals surface area contributed by atoms with Gasteiger partial charge in [0.2, 0.25) is 5.91 Å². The number of rotatable bonds is 5. The number of benzene rings is 1. The minimum absolute atomic E-state index is 0.0743. The van der Waals surface area contributed by atoms with Crippen LogP contribution in [0.4, 0.5) is 10.5 Å². The summed E-state index contributed by atoms with van der Waals surface area (Å²) in [6, 6.07) is 6.08. The zero-order valence-electron chi connectivity index (χ0n) is 14.1. The predicted octanol–water partition coefficient (Wildman–Crippen LogP) is 2.93. The molecule has 5 heteroatoms. The van der Waals surface area contributed by atoms with Gasteiger partial charge in [-0.05, 0) is 42.7 Å². The second kappa shape index (κ2) is 7.99. The molecule has 5 nitrogen and oxygen atoms in total. The second-order valence-corrected chi connectivity index (χ2v) is 6.21. The lowest BCUT2D eigenvalue weighted by molar-refractivity contribution is -0.119. The number of para-hydroxylation sites is 1. The third kappa shape index (κ3) is 4.47. The number of carbonyl (C=O) groups is 2.